The van der Waals surface area contributed by atoms with Crippen LogP contribution in [-0.2, 0) is 9.47 Å². The van der Waals surface area contributed by atoms with Crippen LogP contribution in [0.3, 0.4) is 0 Å². The highest BCUT2D eigenvalue weighted by Gasteiger charge is 2.33. The number of rotatable bonds is 4. The van der Waals surface area contributed by atoms with E-state index in [2.05, 4.69) is 51.2 Å². The standard InChI is InChI=1S/C23H34N2O3/c1-9-17-10-12-23(6,7)14-19(20(17)24-8)27-18-11-13-25(15-16(18)2)21(26)28-22(3,4)5/h9-10,12,14,16,18H,1,8,11,13,15H2,2-7H3. The molecule has 0 aromatic heterocycles. The zero-order chi connectivity index (χ0) is 21.1. The molecule has 0 saturated carbocycles. The molecular formula is C23H34N2O3. The molecule has 0 radical (unpaired) electrons. The van der Waals surface area contributed by atoms with Crippen molar-refractivity contribution in [3.8, 4) is 0 Å². The zero-order valence-electron chi connectivity index (χ0n) is 18.1. The van der Waals surface area contributed by atoms with Gasteiger partial charge in [0.05, 0.1) is 0 Å². The summed E-state index contributed by atoms with van der Waals surface area (Å²) in [6.07, 6.45) is 8.43. The molecule has 1 saturated heterocycles. The lowest BCUT2D eigenvalue weighted by Crippen LogP contribution is -2.47. The van der Waals surface area contributed by atoms with Crippen molar-refractivity contribution in [1.29, 1.82) is 0 Å². The fourth-order valence-corrected chi connectivity index (χ4v) is 3.36. The van der Waals surface area contributed by atoms with Crippen molar-refractivity contribution >= 4 is 12.8 Å². The SMILES string of the molecule is C=CC1=C(N=C)C(OC2CCN(C(=O)OC(C)(C)C)CC2C)=CC(C)(C)C=C1. The third kappa shape index (κ3) is 5.60. The van der Waals surface area contributed by atoms with E-state index >= 15 is 0 Å². The lowest BCUT2D eigenvalue weighted by Gasteiger charge is -2.38. The number of amides is 1. The number of allylic oxidation sites excluding steroid dienone is 5. The van der Waals surface area contributed by atoms with Gasteiger partial charge in [0.15, 0.2) is 0 Å². The molecule has 2 rings (SSSR count). The van der Waals surface area contributed by atoms with Crippen molar-refractivity contribution in [2.75, 3.05) is 13.1 Å². The molecule has 0 N–H and O–H groups in total. The fourth-order valence-electron chi connectivity index (χ4n) is 3.36. The van der Waals surface area contributed by atoms with E-state index in [1.54, 1.807) is 11.0 Å². The Morgan fingerprint density at radius 3 is 2.61 bits per heavy atom. The highest BCUT2D eigenvalue weighted by molar-refractivity contribution is 5.68. The predicted molar refractivity (Wildman–Crippen MR) is 114 cm³/mol. The van der Waals surface area contributed by atoms with Gasteiger partial charge >= 0.3 is 6.09 Å². The summed E-state index contributed by atoms with van der Waals surface area (Å²) in [4.78, 5) is 18.3. The molecule has 1 aliphatic carbocycles. The maximum atomic E-state index is 12.4. The summed E-state index contributed by atoms with van der Waals surface area (Å²) >= 11 is 0. The second-order valence-corrected chi connectivity index (χ2v) is 9.18. The van der Waals surface area contributed by atoms with Crippen LogP contribution < -0.4 is 0 Å². The molecule has 5 nitrogen and oxygen atoms in total. The molecule has 1 aliphatic heterocycles. The summed E-state index contributed by atoms with van der Waals surface area (Å²) in [6, 6.07) is 0. The fraction of sp³-hybridized carbons (Fsp3) is 0.565. The first-order valence-electron chi connectivity index (χ1n) is 9.86. The van der Waals surface area contributed by atoms with Crippen LogP contribution in [0.5, 0.6) is 0 Å². The van der Waals surface area contributed by atoms with Gasteiger partial charge in [-0.15, -0.1) is 0 Å². The lowest BCUT2D eigenvalue weighted by atomic mass is 9.92. The third-order valence-electron chi connectivity index (χ3n) is 4.84. The van der Waals surface area contributed by atoms with Crippen molar-refractivity contribution in [1.82, 2.24) is 4.90 Å². The van der Waals surface area contributed by atoms with E-state index in [0.717, 1.165) is 17.8 Å². The molecule has 2 unspecified atom stereocenters. The Bertz CT molecular complexity index is 723. The van der Waals surface area contributed by atoms with Crippen molar-refractivity contribution in [2.24, 2.45) is 16.3 Å². The largest absolute Gasteiger partial charge is 0.488 e. The van der Waals surface area contributed by atoms with E-state index < -0.39 is 5.60 Å². The highest BCUT2D eigenvalue weighted by Crippen LogP contribution is 2.34. The Balaban J connectivity index is 2.15. The maximum absolute atomic E-state index is 12.4. The van der Waals surface area contributed by atoms with Gasteiger partial charge < -0.3 is 14.4 Å². The molecule has 2 aliphatic rings. The summed E-state index contributed by atoms with van der Waals surface area (Å²) in [7, 11) is 0. The van der Waals surface area contributed by atoms with E-state index in [-0.39, 0.29) is 23.5 Å². The molecule has 1 amide bonds. The summed E-state index contributed by atoms with van der Waals surface area (Å²) < 4.78 is 11.9. The average molecular weight is 387 g/mol. The van der Waals surface area contributed by atoms with E-state index in [4.69, 9.17) is 9.47 Å². The summed E-state index contributed by atoms with van der Waals surface area (Å²) in [5.41, 5.74) is 0.939. The average Bonchev–Trinajstić information content (AvgIpc) is 2.69. The Kier molecular flexibility index (Phi) is 6.58. The highest BCUT2D eigenvalue weighted by atomic mass is 16.6. The van der Waals surface area contributed by atoms with Crippen LogP contribution in [-0.4, -0.2) is 42.5 Å². The van der Waals surface area contributed by atoms with Crippen LogP contribution in [0.2, 0.25) is 0 Å². The number of carbonyl (C=O) groups excluding carboxylic acids is 1. The van der Waals surface area contributed by atoms with Gasteiger partial charge in [-0.3, -0.25) is 4.99 Å². The maximum Gasteiger partial charge on any atom is 0.410 e. The van der Waals surface area contributed by atoms with Gasteiger partial charge in [0.2, 0.25) is 0 Å². The third-order valence-corrected chi connectivity index (χ3v) is 4.84. The zero-order valence-corrected chi connectivity index (χ0v) is 18.1. The molecule has 28 heavy (non-hydrogen) atoms. The van der Waals surface area contributed by atoms with Gasteiger partial charge in [-0.1, -0.05) is 45.6 Å². The van der Waals surface area contributed by atoms with E-state index in [9.17, 15) is 4.79 Å². The van der Waals surface area contributed by atoms with Gasteiger partial charge in [0, 0.05) is 36.4 Å². The Morgan fingerprint density at radius 1 is 1.39 bits per heavy atom. The summed E-state index contributed by atoms with van der Waals surface area (Å²) in [5, 5.41) is 0. The minimum atomic E-state index is -0.492. The smallest absolute Gasteiger partial charge is 0.410 e. The molecule has 0 spiro atoms. The van der Waals surface area contributed by atoms with Crippen LogP contribution in [0.25, 0.3) is 0 Å². The van der Waals surface area contributed by atoms with Gasteiger partial charge in [-0.2, -0.15) is 0 Å². The van der Waals surface area contributed by atoms with Crippen molar-refractivity contribution < 1.29 is 14.3 Å². The van der Waals surface area contributed by atoms with Crippen LogP contribution in [0.15, 0.2) is 52.9 Å². The van der Waals surface area contributed by atoms with Crippen molar-refractivity contribution in [3.05, 3.63) is 47.9 Å². The lowest BCUT2D eigenvalue weighted by molar-refractivity contribution is -0.0140. The van der Waals surface area contributed by atoms with Crippen LogP contribution in [0.4, 0.5) is 4.79 Å². The van der Waals surface area contributed by atoms with Crippen LogP contribution >= 0.6 is 0 Å². The number of piperidine rings is 1. The Morgan fingerprint density at radius 2 is 2.07 bits per heavy atom. The minimum Gasteiger partial charge on any atom is -0.488 e. The predicted octanol–water partition coefficient (Wildman–Crippen LogP) is 5.27. The second kappa shape index (κ2) is 8.38. The molecule has 5 heteroatoms. The number of hydrogen-bond acceptors (Lipinski definition) is 4. The topological polar surface area (TPSA) is 51.1 Å². The Hall–Kier alpha value is -2.30. The van der Waals surface area contributed by atoms with Gasteiger partial charge in [0.1, 0.15) is 23.2 Å². The molecule has 0 aromatic carbocycles. The van der Waals surface area contributed by atoms with Gasteiger partial charge in [0.25, 0.3) is 0 Å². The Labute approximate surface area is 169 Å². The van der Waals surface area contributed by atoms with Crippen molar-refractivity contribution in [2.45, 2.75) is 59.7 Å². The molecular weight excluding hydrogens is 352 g/mol. The number of aliphatic imine (C=N–C) groups is 1. The monoisotopic (exact) mass is 386 g/mol. The van der Waals surface area contributed by atoms with Gasteiger partial charge in [-0.25, -0.2) is 4.79 Å². The van der Waals surface area contributed by atoms with Crippen LogP contribution in [0.1, 0.15) is 48.0 Å². The minimum absolute atomic E-state index is 0.0124. The summed E-state index contributed by atoms with van der Waals surface area (Å²) in [5.74, 6) is 0.891. The molecule has 0 bridgehead atoms. The number of nitrogens with zero attached hydrogens (tertiary/aromatic N) is 2. The molecule has 1 heterocycles. The number of likely N-dealkylation sites (tertiary alicyclic amines) is 1. The first kappa shape index (κ1) is 22.0. The van der Waals surface area contributed by atoms with Crippen LogP contribution in [0, 0.1) is 11.3 Å². The van der Waals surface area contributed by atoms with Gasteiger partial charge in [-0.05, 0) is 33.6 Å². The first-order valence-corrected chi connectivity index (χ1v) is 9.86. The van der Waals surface area contributed by atoms with Crippen molar-refractivity contribution in [3.63, 3.8) is 0 Å². The molecule has 2 atom stereocenters. The molecule has 154 valence electrons. The van der Waals surface area contributed by atoms with E-state index in [0.29, 0.717) is 18.8 Å². The second-order valence-electron chi connectivity index (χ2n) is 9.18. The van der Waals surface area contributed by atoms with E-state index in [1.807, 2.05) is 26.8 Å². The number of hydrogen-bond donors (Lipinski definition) is 0. The quantitative estimate of drug-likeness (QED) is 0.619. The normalized spacial score (nSPS) is 24.9. The summed E-state index contributed by atoms with van der Waals surface area (Å²) in [6.45, 7) is 20.8. The first-order chi connectivity index (χ1) is 13.0. The number of ether oxygens (including phenoxy) is 2. The molecule has 0 aromatic rings. The molecule has 1 fully saturated rings. The van der Waals surface area contributed by atoms with E-state index in [1.165, 1.54) is 0 Å². The number of carbonyl (C=O) groups is 1.